The molecule has 0 bridgehead atoms. The van der Waals surface area contributed by atoms with E-state index in [-0.39, 0.29) is 25.0 Å². The maximum Gasteiger partial charge on any atom is 0.262 e. The zero-order chi connectivity index (χ0) is 20.7. The van der Waals surface area contributed by atoms with Crippen LogP contribution < -0.4 is 14.8 Å². The summed E-state index contributed by atoms with van der Waals surface area (Å²) >= 11 is 0. The Morgan fingerprint density at radius 2 is 1.57 bits per heavy atom. The molecule has 0 spiro atoms. The molecule has 0 atom stereocenters. The molecular formula is C22H28N2O4. The summed E-state index contributed by atoms with van der Waals surface area (Å²) in [6, 6.07) is 12.7. The Hall–Kier alpha value is -3.02. The fourth-order valence-electron chi connectivity index (χ4n) is 2.64. The minimum absolute atomic E-state index is 0.0262. The third-order valence-electron chi connectivity index (χ3n) is 4.23. The molecule has 0 aliphatic carbocycles. The summed E-state index contributed by atoms with van der Waals surface area (Å²) in [5.41, 5.74) is 3.05. The lowest BCUT2D eigenvalue weighted by molar-refractivity contribution is -0.130. The van der Waals surface area contributed by atoms with Crippen molar-refractivity contribution in [2.75, 3.05) is 32.6 Å². The molecule has 2 amide bonds. The van der Waals surface area contributed by atoms with E-state index in [0.717, 1.165) is 5.56 Å². The quantitative estimate of drug-likeness (QED) is 0.755. The summed E-state index contributed by atoms with van der Waals surface area (Å²) in [4.78, 5) is 25.1. The van der Waals surface area contributed by atoms with Gasteiger partial charge >= 0.3 is 0 Å². The highest BCUT2D eigenvalue weighted by atomic mass is 16.5. The number of rotatable bonds is 8. The van der Waals surface area contributed by atoms with E-state index in [9.17, 15) is 9.59 Å². The van der Waals surface area contributed by atoms with Crippen LogP contribution in [0.25, 0.3) is 0 Å². The van der Waals surface area contributed by atoms with Crippen LogP contribution >= 0.6 is 0 Å². The van der Waals surface area contributed by atoms with Crippen molar-refractivity contribution in [1.29, 1.82) is 0 Å². The van der Waals surface area contributed by atoms with E-state index in [1.807, 2.05) is 25.1 Å². The number of benzene rings is 2. The van der Waals surface area contributed by atoms with Gasteiger partial charge < -0.3 is 19.7 Å². The number of carbonyl (C=O) groups is 2. The first-order chi connectivity index (χ1) is 13.3. The molecule has 0 heterocycles. The van der Waals surface area contributed by atoms with Gasteiger partial charge in [-0.2, -0.15) is 0 Å². The molecule has 2 rings (SSSR count). The van der Waals surface area contributed by atoms with Crippen molar-refractivity contribution >= 4 is 17.5 Å². The minimum Gasteiger partial charge on any atom is -0.484 e. The van der Waals surface area contributed by atoms with Crippen molar-refractivity contribution in [3.8, 4) is 11.5 Å². The average Bonchev–Trinajstić information content (AvgIpc) is 2.65. The molecule has 0 unspecified atom stereocenters. The Kier molecular flexibility index (Phi) is 7.44. The number of anilines is 1. The normalized spacial score (nSPS) is 10.5. The lowest BCUT2D eigenvalue weighted by Crippen LogP contribution is -2.27. The van der Waals surface area contributed by atoms with Crippen LogP contribution in [-0.4, -0.2) is 44.0 Å². The SMILES string of the molecule is Cc1cc(OCC(=O)Nc2ccc(OCC(=O)N(C)C)cc2)ccc1C(C)C. The zero-order valence-corrected chi connectivity index (χ0v) is 17.1. The molecule has 6 nitrogen and oxygen atoms in total. The highest BCUT2D eigenvalue weighted by Crippen LogP contribution is 2.23. The Morgan fingerprint density at radius 3 is 2.14 bits per heavy atom. The van der Waals surface area contributed by atoms with E-state index in [4.69, 9.17) is 9.47 Å². The first-order valence-electron chi connectivity index (χ1n) is 9.22. The number of ether oxygens (including phenoxy) is 2. The van der Waals surface area contributed by atoms with Gasteiger partial charge in [-0.05, 0) is 60.4 Å². The van der Waals surface area contributed by atoms with Gasteiger partial charge in [-0.25, -0.2) is 0 Å². The van der Waals surface area contributed by atoms with Crippen LogP contribution in [0.5, 0.6) is 11.5 Å². The van der Waals surface area contributed by atoms with E-state index in [1.54, 1.807) is 38.4 Å². The second-order valence-electron chi connectivity index (χ2n) is 7.11. The van der Waals surface area contributed by atoms with Gasteiger partial charge in [0.1, 0.15) is 11.5 Å². The number of hydrogen-bond acceptors (Lipinski definition) is 4. The molecule has 2 aromatic rings. The highest BCUT2D eigenvalue weighted by molar-refractivity contribution is 5.91. The molecule has 6 heteroatoms. The Balaban J connectivity index is 1.83. The summed E-state index contributed by atoms with van der Waals surface area (Å²) < 4.78 is 11.0. The summed E-state index contributed by atoms with van der Waals surface area (Å²) in [7, 11) is 3.35. The third-order valence-corrected chi connectivity index (χ3v) is 4.23. The lowest BCUT2D eigenvalue weighted by atomic mass is 9.98. The Labute approximate surface area is 166 Å². The molecule has 0 aromatic heterocycles. The van der Waals surface area contributed by atoms with Crippen molar-refractivity contribution < 1.29 is 19.1 Å². The van der Waals surface area contributed by atoms with Crippen molar-refractivity contribution in [2.45, 2.75) is 26.7 Å². The average molecular weight is 384 g/mol. The second-order valence-corrected chi connectivity index (χ2v) is 7.11. The summed E-state index contributed by atoms with van der Waals surface area (Å²) in [5.74, 6) is 1.31. The standard InChI is InChI=1S/C22H28N2O4/c1-15(2)20-11-10-19(12-16(20)3)27-13-21(25)23-17-6-8-18(9-7-17)28-14-22(26)24(4)5/h6-12,15H,13-14H2,1-5H3,(H,23,25). The van der Waals surface area contributed by atoms with Gasteiger partial charge in [0.25, 0.3) is 11.8 Å². The van der Waals surface area contributed by atoms with Gasteiger partial charge in [0, 0.05) is 19.8 Å². The number of amides is 2. The number of carbonyl (C=O) groups excluding carboxylic acids is 2. The fraction of sp³-hybridized carbons (Fsp3) is 0.364. The number of nitrogens with one attached hydrogen (secondary N) is 1. The van der Waals surface area contributed by atoms with E-state index in [1.165, 1.54) is 10.5 Å². The number of hydrogen-bond donors (Lipinski definition) is 1. The maximum atomic E-state index is 12.1. The van der Waals surface area contributed by atoms with Gasteiger partial charge in [-0.1, -0.05) is 19.9 Å². The Morgan fingerprint density at radius 1 is 0.964 bits per heavy atom. The van der Waals surface area contributed by atoms with E-state index in [2.05, 4.69) is 19.2 Å². The van der Waals surface area contributed by atoms with Crippen LogP contribution in [0.1, 0.15) is 30.9 Å². The minimum atomic E-state index is -0.248. The number of nitrogens with zero attached hydrogens (tertiary/aromatic N) is 1. The van der Waals surface area contributed by atoms with Crippen LogP contribution in [0.2, 0.25) is 0 Å². The largest absolute Gasteiger partial charge is 0.484 e. The number of likely N-dealkylation sites (N-methyl/N-ethyl adjacent to an activating group) is 1. The topological polar surface area (TPSA) is 67.9 Å². The van der Waals surface area contributed by atoms with E-state index < -0.39 is 0 Å². The predicted molar refractivity (Wildman–Crippen MR) is 110 cm³/mol. The van der Waals surface area contributed by atoms with Gasteiger partial charge in [0.2, 0.25) is 0 Å². The van der Waals surface area contributed by atoms with Crippen molar-refractivity contribution in [1.82, 2.24) is 4.90 Å². The molecule has 0 fully saturated rings. The predicted octanol–water partition coefficient (Wildman–Crippen LogP) is 3.60. The van der Waals surface area contributed by atoms with Crippen LogP contribution in [0.3, 0.4) is 0 Å². The van der Waals surface area contributed by atoms with Gasteiger partial charge in [0.05, 0.1) is 0 Å². The maximum absolute atomic E-state index is 12.1. The molecule has 0 aliphatic heterocycles. The lowest BCUT2D eigenvalue weighted by Gasteiger charge is -2.13. The van der Waals surface area contributed by atoms with E-state index >= 15 is 0 Å². The van der Waals surface area contributed by atoms with Gasteiger partial charge in [-0.15, -0.1) is 0 Å². The van der Waals surface area contributed by atoms with E-state index in [0.29, 0.717) is 23.1 Å². The molecule has 0 aliphatic rings. The Bertz CT molecular complexity index is 814. The third kappa shape index (κ3) is 6.30. The smallest absolute Gasteiger partial charge is 0.262 e. The first-order valence-corrected chi connectivity index (χ1v) is 9.22. The van der Waals surface area contributed by atoms with Gasteiger partial charge in [-0.3, -0.25) is 9.59 Å². The molecular weight excluding hydrogens is 356 g/mol. The summed E-state index contributed by atoms with van der Waals surface area (Å²) in [6.45, 7) is 6.23. The van der Waals surface area contributed by atoms with Gasteiger partial charge in [0.15, 0.2) is 13.2 Å². The fourth-order valence-corrected chi connectivity index (χ4v) is 2.64. The second kappa shape index (κ2) is 9.78. The van der Waals surface area contributed by atoms with Crippen LogP contribution in [-0.2, 0) is 9.59 Å². The zero-order valence-electron chi connectivity index (χ0n) is 17.1. The first kappa shape index (κ1) is 21.3. The molecule has 1 N–H and O–H groups in total. The molecule has 28 heavy (non-hydrogen) atoms. The van der Waals surface area contributed by atoms with Crippen molar-refractivity contribution in [3.05, 3.63) is 53.6 Å². The summed E-state index contributed by atoms with van der Waals surface area (Å²) in [5, 5.41) is 2.77. The van der Waals surface area contributed by atoms with Crippen molar-refractivity contribution in [2.24, 2.45) is 0 Å². The number of aryl methyl sites for hydroxylation is 1. The molecule has 2 aromatic carbocycles. The monoisotopic (exact) mass is 384 g/mol. The van der Waals surface area contributed by atoms with Crippen LogP contribution in [0.15, 0.2) is 42.5 Å². The summed E-state index contributed by atoms with van der Waals surface area (Å²) in [6.07, 6.45) is 0. The molecule has 0 saturated heterocycles. The van der Waals surface area contributed by atoms with Crippen molar-refractivity contribution in [3.63, 3.8) is 0 Å². The van der Waals surface area contributed by atoms with Crippen LogP contribution in [0, 0.1) is 6.92 Å². The molecule has 0 saturated carbocycles. The highest BCUT2D eigenvalue weighted by Gasteiger charge is 2.08. The van der Waals surface area contributed by atoms with Crippen LogP contribution in [0.4, 0.5) is 5.69 Å². The molecule has 0 radical (unpaired) electrons. The molecule has 150 valence electrons.